The number of hydrogen-bond donors (Lipinski definition) is 2. The van der Waals surface area contributed by atoms with Crippen molar-refractivity contribution >= 4 is 21.9 Å². The molecule has 1 heterocycles. The highest BCUT2D eigenvalue weighted by Crippen LogP contribution is 2.39. The molecule has 7 nitrogen and oxygen atoms in total. The van der Waals surface area contributed by atoms with Crippen molar-refractivity contribution in [2.24, 2.45) is 5.92 Å². The molecule has 1 atom stereocenters. The third-order valence-electron chi connectivity index (χ3n) is 4.90. The summed E-state index contributed by atoms with van der Waals surface area (Å²) < 4.78 is 22.1. The highest BCUT2D eigenvalue weighted by atomic mass is 79.9. The van der Waals surface area contributed by atoms with E-state index < -0.39 is 12.1 Å². The minimum atomic E-state index is -0.736. The van der Waals surface area contributed by atoms with Crippen LogP contribution in [0.1, 0.15) is 41.6 Å². The van der Waals surface area contributed by atoms with E-state index >= 15 is 0 Å². The average Bonchev–Trinajstić information content (AvgIpc) is 2.75. The van der Waals surface area contributed by atoms with Crippen molar-refractivity contribution in [1.29, 1.82) is 0 Å². The number of carbonyl (C=O) groups excluding carboxylic acids is 1. The van der Waals surface area contributed by atoms with Gasteiger partial charge in [-0.05, 0) is 60.5 Å². The van der Waals surface area contributed by atoms with Gasteiger partial charge in [0.05, 0.1) is 23.2 Å². The van der Waals surface area contributed by atoms with Gasteiger partial charge in [-0.25, -0.2) is 4.79 Å². The summed E-state index contributed by atoms with van der Waals surface area (Å²) in [6, 6.07) is 1.54. The molecule has 2 N–H and O–H groups in total. The van der Waals surface area contributed by atoms with Gasteiger partial charge >= 0.3 is 5.97 Å². The van der Waals surface area contributed by atoms with Gasteiger partial charge in [-0.1, -0.05) is 0 Å². The van der Waals surface area contributed by atoms with Crippen LogP contribution in [0.15, 0.2) is 10.5 Å². The first-order valence-corrected chi connectivity index (χ1v) is 10.3. The molecule has 2 rings (SSSR count). The number of aliphatic hydroxyl groups excluding tert-OH is 1. The Morgan fingerprint density at radius 2 is 1.86 bits per heavy atom. The Balaban J connectivity index is 2.03. The van der Waals surface area contributed by atoms with Crippen molar-refractivity contribution in [2.75, 3.05) is 40.1 Å². The van der Waals surface area contributed by atoms with E-state index in [9.17, 15) is 15.0 Å². The van der Waals surface area contributed by atoms with E-state index in [0.717, 1.165) is 12.8 Å². The van der Waals surface area contributed by atoms with Crippen LogP contribution in [-0.4, -0.2) is 62.4 Å². The fourth-order valence-corrected chi connectivity index (χ4v) is 3.62. The lowest BCUT2D eigenvalue weighted by atomic mass is 9.96. The van der Waals surface area contributed by atoms with Crippen molar-refractivity contribution in [3.8, 4) is 11.5 Å². The molecule has 0 bridgehead atoms. The summed E-state index contributed by atoms with van der Waals surface area (Å²) in [5, 5.41) is 21.0. The van der Waals surface area contributed by atoms with E-state index in [2.05, 4.69) is 15.9 Å². The van der Waals surface area contributed by atoms with Gasteiger partial charge in [0, 0.05) is 32.0 Å². The molecule has 28 heavy (non-hydrogen) atoms. The van der Waals surface area contributed by atoms with Crippen LogP contribution in [0.3, 0.4) is 0 Å². The first-order valence-electron chi connectivity index (χ1n) is 9.52. The summed E-state index contributed by atoms with van der Waals surface area (Å²) in [7, 11) is 1.28. The summed E-state index contributed by atoms with van der Waals surface area (Å²) in [6.45, 7) is 4.20. The second-order valence-corrected chi connectivity index (χ2v) is 7.70. The zero-order valence-electron chi connectivity index (χ0n) is 16.4. The van der Waals surface area contributed by atoms with Gasteiger partial charge in [0.2, 0.25) is 0 Å². The molecule has 1 aromatic rings. The van der Waals surface area contributed by atoms with Crippen molar-refractivity contribution in [2.45, 2.75) is 38.7 Å². The molecule has 1 unspecified atom stereocenters. The number of hydrogen-bond acceptors (Lipinski definition) is 7. The summed E-state index contributed by atoms with van der Waals surface area (Å²) >= 11 is 3.31. The quantitative estimate of drug-likeness (QED) is 0.651. The van der Waals surface area contributed by atoms with Crippen molar-refractivity contribution < 1.29 is 34.0 Å². The maximum absolute atomic E-state index is 11.8. The number of phenols is 1. The topological polar surface area (TPSA) is 94.5 Å². The molecule has 0 aromatic heterocycles. The molecule has 1 aromatic carbocycles. The van der Waals surface area contributed by atoms with E-state index in [0.29, 0.717) is 49.3 Å². The molecule has 158 valence electrons. The molecule has 1 aliphatic rings. The van der Waals surface area contributed by atoms with Crippen LogP contribution in [0.4, 0.5) is 0 Å². The van der Waals surface area contributed by atoms with E-state index in [4.69, 9.17) is 18.9 Å². The summed E-state index contributed by atoms with van der Waals surface area (Å²) in [4.78, 5) is 11.8. The monoisotopic (exact) mass is 460 g/mol. The number of aliphatic hydroxyl groups is 1. The Kier molecular flexibility index (Phi) is 9.50. The van der Waals surface area contributed by atoms with Crippen LogP contribution in [0.2, 0.25) is 0 Å². The molecule has 8 heteroatoms. The third-order valence-corrected chi connectivity index (χ3v) is 5.49. The zero-order valence-corrected chi connectivity index (χ0v) is 18.0. The van der Waals surface area contributed by atoms with Crippen LogP contribution in [0.5, 0.6) is 11.5 Å². The maximum atomic E-state index is 11.8. The van der Waals surface area contributed by atoms with E-state index in [1.54, 1.807) is 6.92 Å². The van der Waals surface area contributed by atoms with Gasteiger partial charge in [0.15, 0.2) is 11.5 Å². The van der Waals surface area contributed by atoms with E-state index in [1.165, 1.54) is 13.2 Å². The molecule has 0 saturated carbocycles. The van der Waals surface area contributed by atoms with E-state index in [-0.39, 0.29) is 29.6 Å². The Morgan fingerprint density at radius 1 is 1.25 bits per heavy atom. The first kappa shape index (κ1) is 22.9. The Bertz CT molecular complexity index is 638. The van der Waals surface area contributed by atoms with E-state index in [1.807, 2.05) is 0 Å². The SMILES string of the molecule is COC(=O)c1cc(Br)c(OCC(O)C2CCOCCCCOCC2)c(O)c1C. The highest BCUT2D eigenvalue weighted by molar-refractivity contribution is 9.10. The number of aromatic hydroxyl groups is 1. The average molecular weight is 461 g/mol. The van der Waals surface area contributed by atoms with Gasteiger partial charge < -0.3 is 29.2 Å². The first-order chi connectivity index (χ1) is 13.5. The molecule has 1 aliphatic heterocycles. The van der Waals surface area contributed by atoms with Crippen LogP contribution in [-0.2, 0) is 14.2 Å². The Morgan fingerprint density at radius 3 is 2.43 bits per heavy atom. The Labute approximate surface area is 174 Å². The molecule has 0 amide bonds. The number of phenolic OH excluding ortho intramolecular Hbond substituents is 1. The number of benzene rings is 1. The fraction of sp³-hybridized carbons (Fsp3) is 0.650. The summed E-state index contributed by atoms with van der Waals surface area (Å²) in [6.07, 6.45) is 2.64. The largest absolute Gasteiger partial charge is 0.504 e. The van der Waals surface area contributed by atoms with Gasteiger partial charge in [-0.3, -0.25) is 0 Å². The maximum Gasteiger partial charge on any atom is 0.338 e. The molecule has 0 spiro atoms. The lowest BCUT2D eigenvalue weighted by Crippen LogP contribution is -2.29. The number of esters is 1. The number of halogens is 1. The van der Waals surface area contributed by atoms with Crippen molar-refractivity contribution in [3.63, 3.8) is 0 Å². The Hall–Kier alpha value is -1.35. The van der Waals surface area contributed by atoms with Crippen LogP contribution < -0.4 is 4.74 Å². The van der Waals surface area contributed by atoms with Gasteiger partial charge in [-0.15, -0.1) is 0 Å². The second-order valence-electron chi connectivity index (χ2n) is 6.85. The van der Waals surface area contributed by atoms with Crippen LogP contribution >= 0.6 is 15.9 Å². The third kappa shape index (κ3) is 6.34. The number of rotatable bonds is 5. The zero-order chi connectivity index (χ0) is 20.5. The molecule has 0 aliphatic carbocycles. The lowest BCUT2D eigenvalue weighted by molar-refractivity contribution is 0.0209. The highest BCUT2D eigenvalue weighted by Gasteiger charge is 2.24. The fourth-order valence-electron chi connectivity index (χ4n) is 3.09. The summed E-state index contributed by atoms with van der Waals surface area (Å²) in [5.74, 6) is -0.545. The van der Waals surface area contributed by atoms with Crippen molar-refractivity contribution in [1.82, 2.24) is 0 Å². The van der Waals surface area contributed by atoms with Gasteiger partial charge in [0.25, 0.3) is 0 Å². The number of methoxy groups -OCH3 is 1. The van der Waals surface area contributed by atoms with Crippen molar-refractivity contribution in [3.05, 3.63) is 21.7 Å². The van der Waals surface area contributed by atoms with Crippen LogP contribution in [0.25, 0.3) is 0 Å². The summed E-state index contributed by atoms with van der Waals surface area (Å²) in [5.41, 5.74) is 0.605. The van der Waals surface area contributed by atoms with Gasteiger partial charge in [-0.2, -0.15) is 0 Å². The predicted octanol–water partition coefficient (Wildman–Crippen LogP) is 3.21. The predicted molar refractivity (Wildman–Crippen MR) is 107 cm³/mol. The molecular weight excluding hydrogens is 432 g/mol. The second kappa shape index (κ2) is 11.6. The molecule has 1 fully saturated rings. The minimum absolute atomic E-state index is 0.00778. The molecule has 1 saturated heterocycles. The molecule has 0 radical (unpaired) electrons. The molecular formula is C20H29BrO7. The standard InChI is InChI=1S/C20H29BrO7/c1-13-15(20(24)25-2)11-16(21)19(18(13)23)28-12-17(22)14-5-9-26-7-3-4-8-27-10-6-14/h11,14,17,22-23H,3-10,12H2,1-2H3. The normalized spacial score (nSPS) is 18.1. The number of carbonyl (C=O) groups is 1. The van der Waals surface area contributed by atoms with Crippen LogP contribution in [0, 0.1) is 12.8 Å². The minimum Gasteiger partial charge on any atom is -0.504 e. The smallest absolute Gasteiger partial charge is 0.338 e. The lowest BCUT2D eigenvalue weighted by Gasteiger charge is -2.24. The van der Waals surface area contributed by atoms with Gasteiger partial charge in [0.1, 0.15) is 6.61 Å². The number of ether oxygens (including phenoxy) is 4.